The first-order chi connectivity index (χ1) is 15.0. The number of benzene rings is 2. The van der Waals surface area contributed by atoms with Gasteiger partial charge in [0.15, 0.2) is 5.78 Å². The van der Waals surface area contributed by atoms with Gasteiger partial charge in [0.05, 0.1) is 56.5 Å². The molecule has 4 rings (SSSR count). The van der Waals surface area contributed by atoms with E-state index < -0.39 is 0 Å². The third-order valence-electron chi connectivity index (χ3n) is 5.78. The first-order valence-electron chi connectivity index (χ1n) is 10.6. The Morgan fingerprint density at radius 1 is 1.10 bits per heavy atom. The minimum atomic E-state index is -0.345. The van der Waals surface area contributed by atoms with Gasteiger partial charge in [0.25, 0.3) is 5.91 Å². The molecule has 1 saturated heterocycles. The van der Waals surface area contributed by atoms with Crippen LogP contribution in [0.5, 0.6) is 5.75 Å². The van der Waals surface area contributed by atoms with Crippen LogP contribution in [0.4, 0.5) is 5.69 Å². The number of aromatic nitrogens is 2. The number of para-hydroxylation sites is 1. The third kappa shape index (κ3) is 4.83. The Morgan fingerprint density at radius 2 is 1.84 bits per heavy atom. The van der Waals surface area contributed by atoms with E-state index in [4.69, 9.17) is 0 Å². The number of carbonyl (C=O) groups excluding carboxylic acids is 2. The highest BCUT2D eigenvalue weighted by Crippen LogP contribution is 2.21. The van der Waals surface area contributed by atoms with Gasteiger partial charge in [-0.3, -0.25) is 9.59 Å². The van der Waals surface area contributed by atoms with E-state index in [0.29, 0.717) is 6.42 Å². The monoisotopic (exact) mass is 419 g/mol. The van der Waals surface area contributed by atoms with Crippen molar-refractivity contribution in [2.24, 2.45) is 0 Å². The van der Waals surface area contributed by atoms with Crippen molar-refractivity contribution in [3.8, 4) is 5.75 Å². The van der Waals surface area contributed by atoms with Gasteiger partial charge in [0.1, 0.15) is 5.75 Å². The summed E-state index contributed by atoms with van der Waals surface area (Å²) in [6, 6.07) is 15.2. The Kier molecular flexibility index (Phi) is 6.13. The maximum atomic E-state index is 12.7. The summed E-state index contributed by atoms with van der Waals surface area (Å²) >= 11 is 0. The molecule has 0 aliphatic carbocycles. The quantitative estimate of drug-likeness (QED) is 0.593. The van der Waals surface area contributed by atoms with E-state index in [-0.39, 0.29) is 28.6 Å². The number of hydrogen-bond donors (Lipinski definition) is 2. The number of quaternary nitrogens is 1. The van der Waals surface area contributed by atoms with E-state index in [2.05, 4.69) is 34.3 Å². The molecule has 0 unspecified atom stereocenters. The van der Waals surface area contributed by atoms with E-state index in [1.165, 1.54) is 33.7 Å². The number of aryl methyl sites for hydroxylation is 1. The molecule has 0 atom stereocenters. The molecule has 1 aliphatic heterocycles. The number of carbonyl (C=O) groups is 2. The summed E-state index contributed by atoms with van der Waals surface area (Å²) < 4.78 is 1.24. The third-order valence-corrected chi connectivity index (χ3v) is 5.78. The lowest BCUT2D eigenvalue weighted by Gasteiger charge is -2.33. The standard InChI is InChI=1S/C24H26N4O3/c1-18-7-8-22(29)21(15-18)24(31)19-16-25-28(17-19)23(30)9-10-26-11-13-27(14-12-26)20-5-3-2-4-6-20/h2-8,15-17,29H,9-14H2,1H3/p+1. The zero-order valence-electron chi connectivity index (χ0n) is 17.6. The fraction of sp³-hybridized carbons (Fsp3) is 0.292. The molecule has 7 heteroatoms. The van der Waals surface area contributed by atoms with Gasteiger partial charge in [-0.05, 0) is 31.2 Å². The number of anilines is 1. The van der Waals surface area contributed by atoms with Crippen LogP contribution in [0, 0.1) is 6.92 Å². The largest absolute Gasteiger partial charge is 0.507 e. The average molecular weight is 420 g/mol. The van der Waals surface area contributed by atoms with Crippen molar-refractivity contribution in [3.63, 3.8) is 0 Å². The predicted molar refractivity (Wildman–Crippen MR) is 118 cm³/mol. The predicted octanol–water partition coefficient (Wildman–Crippen LogP) is 1.56. The summed E-state index contributed by atoms with van der Waals surface area (Å²) in [5.74, 6) is -0.554. The number of rotatable bonds is 6. The summed E-state index contributed by atoms with van der Waals surface area (Å²) in [7, 11) is 0. The van der Waals surface area contributed by atoms with Crippen molar-refractivity contribution < 1.29 is 19.6 Å². The number of piperazine rings is 1. The molecule has 160 valence electrons. The highest BCUT2D eigenvalue weighted by atomic mass is 16.3. The molecule has 0 spiro atoms. The van der Waals surface area contributed by atoms with Gasteiger partial charge in [0.2, 0.25) is 0 Å². The number of nitrogens with one attached hydrogen (secondary N) is 1. The lowest BCUT2D eigenvalue weighted by Crippen LogP contribution is -3.15. The Bertz CT molecular complexity index is 1070. The zero-order valence-corrected chi connectivity index (χ0v) is 17.6. The van der Waals surface area contributed by atoms with E-state index in [9.17, 15) is 14.7 Å². The van der Waals surface area contributed by atoms with E-state index in [1.54, 1.807) is 12.1 Å². The summed E-state index contributed by atoms with van der Waals surface area (Å²) in [5.41, 5.74) is 2.62. The van der Waals surface area contributed by atoms with Crippen molar-refractivity contribution in [1.29, 1.82) is 0 Å². The number of phenolic OH excluding ortho intramolecular Hbond substituents is 1. The van der Waals surface area contributed by atoms with Crippen molar-refractivity contribution in [2.45, 2.75) is 13.3 Å². The smallest absolute Gasteiger partial charge is 0.252 e. The highest BCUT2D eigenvalue weighted by molar-refractivity contribution is 6.10. The molecule has 2 aromatic carbocycles. The highest BCUT2D eigenvalue weighted by Gasteiger charge is 2.22. The maximum Gasteiger partial charge on any atom is 0.252 e. The lowest BCUT2D eigenvalue weighted by molar-refractivity contribution is -0.899. The summed E-state index contributed by atoms with van der Waals surface area (Å²) in [6.07, 6.45) is 3.20. The lowest BCUT2D eigenvalue weighted by atomic mass is 10.0. The second-order valence-electron chi connectivity index (χ2n) is 7.99. The molecule has 0 amide bonds. The topological polar surface area (TPSA) is 79.9 Å². The van der Waals surface area contributed by atoms with Gasteiger partial charge < -0.3 is 14.9 Å². The van der Waals surface area contributed by atoms with Crippen molar-refractivity contribution in [3.05, 3.63) is 77.6 Å². The SMILES string of the molecule is Cc1ccc(O)c(C(=O)c2cnn(C(=O)CC[NH+]3CCN(c4ccccc4)CC3)c2)c1. The zero-order chi connectivity index (χ0) is 21.8. The maximum absolute atomic E-state index is 12.7. The number of nitrogens with zero attached hydrogens (tertiary/aromatic N) is 3. The molecule has 0 saturated carbocycles. The van der Waals surface area contributed by atoms with Gasteiger partial charge in [0, 0.05) is 11.9 Å². The van der Waals surface area contributed by atoms with Crippen LogP contribution in [0.2, 0.25) is 0 Å². The van der Waals surface area contributed by atoms with E-state index in [0.717, 1.165) is 38.3 Å². The fourth-order valence-corrected chi connectivity index (χ4v) is 3.93. The Balaban J connectivity index is 1.31. The molecular formula is C24H27N4O3+. The fourth-order valence-electron chi connectivity index (χ4n) is 3.93. The molecule has 1 aromatic heterocycles. The van der Waals surface area contributed by atoms with Gasteiger partial charge in [-0.2, -0.15) is 5.10 Å². The van der Waals surface area contributed by atoms with Crippen molar-refractivity contribution in [2.75, 3.05) is 37.6 Å². The molecule has 2 N–H and O–H groups in total. The van der Waals surface area contributed by atoms with E-state index >= 15 is 0 Å². The van der Waals surface area contributed by atoms with Crippen molar-refractivity contribution >= 4 is 17.4 Å². The molecule has 1 fully saturated rings. The van der Waals surface area contributed by atoms with Crippen LogP contribution in [-0.2, 0) is 0 Å². The molecule has 31 heavy (non-hydrogen) atoms. The van der Waals surface area contributed by atoms with Gasteiger partial charge in [-0.25, -0.2) is 4.68 Å². The van der Waals surface area contributed by atoms with E-state index in [1.807, 2.05) is 13.0 Å². The Morgan fingerprint density at radius 3 is 2.58 bits per heavy atom. The number of ketones is 1. The van der Waals surface area contributed by atoms with Gasteiger partial charge in [-0.15, -0.1) is 0 Å². The number of phenols is 1. The van der Waals surface area contributed by atoms with Crippen LogP contribution in [0.3, 0.4) is 0 Å². The molecule has 3 aromatic rings. The summed E-state index contributed by atoms with van der Waals surface area (Å²) in [6.45, 7) is 6.49. The van der Waals surface area contributed by atoms with Crippen LogP contribution >= 0.6 is 0 Å². The number of aromatic hydroxyl groups is 1. The van der Waals surface area contributed by atoms with Gasteiger partial charge in [-0.1, -0.05) is 29.8 Å². The van der Waals surface area contributed by atoms with Crippen LogP contribution in [-0.4, -0.2) is 59.3 Å². The van der Waals surface area contributed by atoms with Crippen LogP contribution in [0.1, 0.15) is 32.7 Å². The minimum Gasteiger partial charge on any atom is -0.507 e. The average Bonchev–Trinajstić information content (AvgIpc) is 3.30. The van der Waals surface area contributed by atoms with Crippen LogP contribution < -0.4 is 9.80 Å². The minimum absolute atomic E-state index is 0.0760. The molecule has 0 radical (unpaired) electrons. The van der Waals surface area contributed by atoms with Crippen LogP contribution in [0.15, 0.2) is 60.9 Å². The first-order valence-corrected chi connectivity index (χ1v) is 10.6. The normalized spacial score (nSPS) is 14.5. The van der Waals surface area contributed by atoms with Crippen LogP contribution in [0.25, 0.3) is 0 Å². The number of hydrogen-bond acceptors (Lipinski definition) is 5. The molecule has 7 nitrogen and oxygen atoms in total. The second kappa shape index (κ2) is 9.14. The summed E-state index contributed by atoms with van der Waals surface area (Å²) in [4.78, 5) is 29.0. The Labute approximate surface area is 181 Å². The molecular weight excluding hydrogens is 392 g/mol. The van der Waals surface area contributed by atoms with Gasteiger partial charge >= 0.3 is 0 Å². The molecule has 1 aliphatic rings. The summed E-state index contributed by atoms with van der Waals surface area (Å²) in [5, 5.41) is 14.1. The molecule has 0 bridgehead atoms. The second-order valence-corrected chi connectivity index (χ2v) is 7.99. The first kappa shape index (κ1) is 20.8. The molecule has 2 heterocycles. The Hall–Kier alpha value is -3.45. The van der Waals surface area contributed by atoms with Crippen molar-refractivity contribution in [1.82, 2.24) is 9.78 Å².